The summed E-state index contributed by atoms with van der Waals surface area (Å²) in [6, 6.07) is 20.0. The number of benzene rings is 2. The number of hydrogen-bond acceptors (Lipinski definition) is 2. The lowest BCUT2D eigenvalue weighted by molar-refractivity contribution is 0.0943. The van der Waals surface area contributed by atoms with Crippen molar-refractivity contribution in [2.75, 3.05) is 6.54 Å². The average molecular weight is 345 g/mol. The van der Waals surface area contributed by atoms with E-state index in [1.807, 2.05) is 42.6 Å². The molecule has 1 saturated carbocycles. The summed E-state index contributed by atoms with van der Waals surface area (Å²) in [6.07, 6.45) is 8.35. The molecular formula is C22H23N3O. The third-order valence-corrected chi connectivity index (χ3v) is 5.43. The fraction of sp³-hybridized carbons (Fsp3) is 0.273. The standard InChI is InChI=1S/C22H23N3O/c26-21(18-9-11-20(12-10-18)25-16-6-15-24-25)23-17-22(13-4-5-14-22)19-7-2-1-3-8-19/h1-3,6-12,15-16H,4-5,13-14,17H2,(H,23,26). The Morgan fingerprint density at radius 1 is 1.00 bits per heavy atom. The highest BCUT2D eigenvalue weighted by atomic mass is 16.1. The van der Waals surface area contributed by atoms with Crippen molar-refractivity contribution in [3.05, 3.63) is 84.2 Å². The largest absolute Gasteiger partial charge is 0.351 e. The number of nitrogens with zero attached hydrogens (tertiary/aromatic N) is 2. The second-order valence-corrected chi connectivity index (χ2v) is 7.03. The van der Waals surface area contributed by atoms with Crippen LogP contribution in [0, 0.1) is 0 Å². The maximum Gasteiger partial charge on any atom is 0.251 e. The van der Waals surface area contributed by atoms with Gasteiger partial charge in [-0.05, 0) is 48.7 Å². The van der Waals surface area contributed by atoms with Crippen LogP contribution in [-0.2, 0) is 5.41 Å². The zero-order chi connectivity index (χ0) is 17.8. The van der Waals surface area contributed by atoms with Gasteiger partial charge in [0.15, 0.2) is 0 Å². The van der Waals surface area contributed by atoms with Gasteiger partial charge in [-0.1, -0.05) is 43.2 Å². The van der Waals surface area contributed by atoms with Gasteiger partial charge in [-0.3, -0.25) is 4.79 Å². The fourth-order valence-electron chi connectivity index (χ4n) is 3.95. The molecule has 1 aromatic heterocycles. The Kier molecular flexibility index (Phi) is 4.57. The summed E-state index contributed by atoms with van der Waals surface area (Å²) in [7, 11) is 0. The second-order valence-electron chi connectivity index (χ2n) is 7.03. The number of nitrogens with one attached hydrogen (secondary N) is 1. The molecule has 2 aromatic carbocycles. The van der Waals surface area contributed by atoms with E-state index >= 15 is 0 Å². The Labute approximate surface area is 153 Å². The minimum absolute atomic E-state index is 0.0146. The number of carbonyl (C=O) groups excluding carboxylic acids is 1. The lowest BCUT2D eigenvalue weighted by Gasteiger charge is -2.30. The molecule has 1 heterocycles. The summed E-state index contributed by atoms with van der Waals surface area (Å²) in [5, 5.41) is 7.38. The number of hydrogen-bond donors (Lipinski definition) is 1. The summed E-state index contributed by atoms with van der Waals surface area (Å²) < 4.78 is 1.78. The molecule has 26 heavy (non-hydrogen) atoms. The number of aromatic nitrogens is 2. The molecule has 1 fully saturated rings. The third-order valence-electron chi connectivity index (χ3n) is 5.43. The lowest BCUT2D eigenvalue weighted by Crippen LogP contribution is -2.39. The van der Waals surface area contributed by atoms with E-state index in [0.29, 0.717) is 12.1 Å². The van der Waals surface area contributed by atoms with Gasteiger partial charge in [0.2, 0.25) is 0 Å². The van der Waals surface area contributed by atoms with Crippen LogP contribution < -0.4 is 5.32 Å². The highest BCUT2D eigenvalue weighted by Crippen LogP contribution is 2.40. The first-order valence-electron chi connectivity index (χ1n) is 9.21. The van der Waals surface area contributed by atoms with E-state index < -0.39 is 0 Å². The smallest absolute Gasteiger partial charge is 0.251 e. The summed E-state index contributed by atoms with van der Waals surface area (Å²) in [6.45, 7) is 0.691. The molecule has 0 unspecified atom stereocenters. The van der Waals surface area contributed by atoms with E-state index in [9.17, 15) is 4.79 Å². The van der Waals surface area contributed by atoms with Crippen molar-refractivity contribution in [3.8, 4) is 5.69 Å². The van der Waals surface area contributed by atoms with Crippen LogP contribution in [-0.4, -0.2) is 22.2 Å². The quantitative estimate of drug-likeness (QED) is 0.756. The number of carbonyl (C=O) groups is 1. The summed E-state index contributed by atoms with van der Waals surface area (Å²) >= 11 is 0. The van der Waals surface area contributed by atoms with Gasteiger partial charge < -0.3 is 5.32 Å². The van der Waals surface area contributed by atoms with Crippen LogP contribution >= 0.6 is 0 Å². The molecule has 132 valence electrons. The minimum atomic E-state index is -0.0146. The molecule has 0 atom stereocenters. The van der Waals surface area contributed by atoms with Gasteiger partial charge in [0, 0.05) is 29.9 Å². The fourth-order valence-corrected chi connectivity index (χ4v) is 3.95. The number of amides is 1. The molecule has 0 bridgehead atoms. The summed E-state index contributed by atoms with van der Waals surface area (Å²) in [5.74, 6) is -0.0146. The van der Waals surface area contributed by atoms with Crippen LogP contribution in [0.2, 0.25) is 0 Å². The maximum absolute atomic E-state index is 12.6. The zero-order valence-corrected chi connectivity index (χ0v) is 14.8. The van der Waals surface area contributed by atoms with Gasteiger partial charge >= 0.3 is 0 Å². The van der Waals surface area contributed by atoms with Crippen LogP contribution in [0.1, 0.15) is 41.6 Å². The van der Waals surface area contributed by atoms with Crippen molar-refractivity contribution in [2.45, 2.75) is 31.1 Å². The molecule has 1 amide bonds. The Morgan fingerprint density at radius 3 is 2.38 bits per heavy atom. The molecule has 4 heteroatoms. The van der Waals surface area contributed by atoms with Crippen LogP contribution in [0.4, 0.5) is 0 Å². The van der Waals surface area contributed by atoms with Crippen molar-refractivity contribution in [2.24, 2.45) is 0 Å². The molecule has 4 rings (SSSR count). The predicted molar refractivity (Wildman–Crippen MR) is 102 cm³/mol. The Hall–Kier alpha value is -2.88. The van der Waals surface area contributed by atoms with Crippen molar-refractivity contribution >= 4 is 5.91 Å². The molecule has 1 aliphatic carbocycles. The molecule has 0 saturated heterocycles. The Balaban J connectivity index is 1.46. The second kappa shape index (κ2) is 7.16. The van der Waals surface area contributed by atoms with Gasteiger partial charge in [-0.2, -0.15) is 5.10 Å². The van der Waals surface area contributed by atoms with Gasteiger partial charge in [-0.25, -0.2) is 4.68 Å². The van der Waals surface area contributed by atoms with Crippen LogP contribution in [0.5, 0.6) is 0 Å². The highest BCUT2D eigenvalue weighted by Gasteiger charge is 2.35. The van der Waals surface area contributed by atoms with Crippen molar-refractivity contribution in [3.63, 3.8) is 0 Å². The monoisotopic (exact) mass is 345 g/mol. The van der Waals surface area contributed by atoms with Gasteiger partial charge in [0.25, 0.3) is 5.91 Å². The van der Waals surface area contributed by atoms with Crippen LogP contribution in [0.25, 0.3) is 5.69 Å². The summed E-state index contributed by atoms with van der Waals surface area (Å²) in [4.78, 5) is 12.6. The molecule has 1 aliphatic rings. The Bertz CT molecular complexity index is 848. The molecule has 0 radical (unpaired) electrons. The highest BCUT2D eigenvalue weighted by molar-refractivity contribution is 5.94. The molecule has 3 aromatic rings. The normalized spacial score (nSPS) is 15.7. The molecule has 1 N–H and O–H groups in total. The van der Waals surface area contributed by atoms with Crippen molar-refractivity contribution in [1.82, 2.24) is 15.1 Å². The van der Waals surface area contributed by atoms with Gasteiger partial charge in [0.1, 0.15) is 0 Å². The SMILES string of the molecule is O=C(NCC1(c2ccccc2)CCCC1)c1ccc(-n2cccn2)cc1. The van der Waals surface area contributed by atoms with Crippen LogP contribution in [0.3, 0.4) is 0 Å². The average Bonchev–Trinajstić information content (AvgIpc) is 3.40. The maximum atomic E-state index is 12.6. The summed E-state index contributed by atoms with van der Waals surface area (Å²) in [5.41, 5.74) is 3.04. The first kappa shape index (κ1) is 16.6. The van der Waals surface area contributed by atoms with Crippen LogP contribution in [0.15, 0.2) is 73.1 Å². The minimum Gasteiger partial charge on any atom is -0.351 e. The molecule has 0 aliphatic heterocycles. The zero-order valence-electron chi connectivity index (χ0n) is 14.8. The van der Waals surface area contributed by atoms with E-state index in [2.05, 4.69) is 34.7 Å². The van der Waals surface area contributed by atoms with E-state index in [1.165, 1.54) is 18.4 Å². The van der Waals surface area contributed by atoms with E-state index in [0.717, 1.165) is 18.5 Å². The molecule has 0 spiro atoms. The predicted octanol–water partition coefficient (Wildman–Crippen LogP) is 4.11. The van der Waals surface area contributed by atoms with Gasteiger partial charge in [-0.15, -0.1) is 0 Å². The van der Waals surface area contributed by atoms with Gasteiger partial charge in [0.05, 0.1) is 5.69 Å². The first-order valence-corrected chi connectivity index (χ1v) is 9.21. The topological polar surface area (TPSA) is 46.9 Å². The van der Waals surface area contributed by atoms with E-state index in [4.69, 9.17) is 0 Å². The number of rotatable bonds is 5. The van der Waals surface area contributed by atoms with E-state index in [1.54, 1.807) is 10.9 Å². The third kappa shape index (κ3) is 3.27. The van der Waals surface area contributed by atoms with Crippen molar-refractivity contribution < 1.29 is 4.79 Å². The van der Waals surface area contributed by atoms with Crippen molar-refractivity contribution in [1.29, 1.82) is 0 Å². The molecule has 4 nitrogen and oxygen atoms in total. The molecular weight excluding hydrogens is 322 g/mol. The lowest BCUT2D eigenvalue weighted by atomic mass is 9.79. The first-order chi connectivity index (χ1) is 12.8. The van der Waals surface area contributed by atoms with E-state index in [-0.39, 0.29) is 11.3 Å². The Morgan fingerprint density at radius 2 is 1.73 bits per heavy atom.